The minimum absolute atomic E-state index is 0.0286. The lowest BCUT2D eigenvalue weighted by Crippen LogP contribution is -2.63. The van der Waals surface area contributed by atoms with Crippen molar-refractivity contribution in [1.82, 2.24) is 36.9 Å². The third-order valence-corrected chi connectivity index (χ3v) is 14.7. The van der Waals surface area contributed by atoms with Crippen molar-refractivity contribution in [2.75, 3.05) is 12.3 Å². The van der Waals surface area contributed by atoms with Gasteiger partial charge >= 0.3 is 0 Å². The predicted octanol–water partition coefficient (Wildman–Crippen LogP) is 0.306. The van der Waals surface area contributed by atoms with Crippen molar-refractivity contribution >= 4 is 73.8 Å². The molecule has 68 heavy (non-hydrogen) atoms. The molecule has 2 heterocycles. The monoisotopic (exact) mass is 974 g/mol. The van der Waals surface area contributed by atoms with Crippen molar-refractivity contribution < 1.29 is 43.8 Å². The van der Waals surface area contributed by atoms with E-state index in [1.54, 1.807) is 44.3 Å². The number of primary amides is 1. The van der Waals surface area contributed by atoms with Gasteiger partial charge in [-0.25, -0.2) is 0 Å². The Kier molecular flexibility index (Phi) is 19.2. The van der Waals surface area contributed by atoms with Crippen molar-refractivity contribution in [1.29, 1.82) is 0 Å². The number of rotatable bonds is 16. The fourth-order valence-corrected chi connectivity index (χ4v) is 10.4. The van der Waals surface area contributed by atoms with E-state index in [2.05, 4.69) is 36.9 Å². The molecule has 1 aliphatic rings. The second-order valence-corrected chi connectivity index (χ2v) is 20.3. The molecule has 5 rings (SSSR count). The first-order chi connectivity index (χ1) is 32.4. The second-order valence-electron chi connectivity index (χ2n) is 17.3. The lowest BCUT2D eigenvalue weighted by molar-refractivity contribution is -0.136. The first-order valence-corrected chi connectivity index (χ1v) is 24.6. The third kappa shape index (κ3) is 14.9. The summed E-state index contributed by atoms with van der Waals surface area (Å²) >= 11 is 0. The first kappa shape index (κ1) is 52.8. The molecule has 0 radical (unpaired) electrons. The number of amides is 7. The zero-order valence-corrected chi connectivity index (χ0v) is 39.8. The van der Waals surface area contributed by atoms with Gasteiger partial charge in [0.05, 0.1) is 12.1 Å². The molecule has 0 bridgehead atoms. The van der Waals surface area contributed by atoms with E-state index in [0.717, 1.165) is 38.1 Å². The highest BCUT2D eigenvalue weighted by molar-refractivity contribution is 8.77. The number of aromatic amines is 1. The minimum Gasteiger partial charge on any atom is -0.508 e. The van der Waals surface area contributed by atoms with Gasteiger partial charge in [0.2, 0.25) is 41.4 Å². The van der Waals surface area contributed by atoms with Crippen LogP contribution in [-0.4, -0.2) is 122 Å². The number of nitrogens with one attached hydrogen (secondary N) is 7. The number of fused-ring (bicyclic) bond motifs is 1. The van der Waals surface area contributed by atoms with Crippen LogP contribution in [0, 0.1) is 0 Å². The van der Waals surface area contributed by atoms with Crippen LogP contribution in [0.5, 0.6) is 5.75 Å². The largest absolute Gasteiger partial charge is 0.508 e. The number of para-hydroxylation sites is 1. The number of benzene rings is 3. The van der Waals surface area contributed by atoms with E-state index in [0.29, 0.717) is 24.0 Å². The van der Waals surface area contributed by atoms with Crippen LogP contribution in [0.1, 0.15) is 56.7 Å². The van der Waals surface area contributed by atoms with Gasteiger partial charge in [0, 0.05) is 40.4 Å². The number of nitrogens with two attached hydrogens (primary N) is 3. The summed E-state index contributed by atoms with van der Waals surface area (Å²) in [7, 11) is 2.13. The topological polar surface area (TPSA) is 326 Å². The molecule has 8 atom stereocenters. The molecule has 0 unspecified atom stereocenters. The van der Waals surface area contributed by atoms with E-state index in [4.69, 9.17) is 17.2 Å². The Balaban J connectivity index is 1.59. The summed E-state index contributed by atoms with van der Waals surface area (Å²) in [6, 6.07) is 13.0. The zero-order chi connectivity index (χ0) is 49.5. The summed E-state index contributed by atoms with van der Waals surface area (Å²) in [5.41, 5.74) is 20.4. The molecule has 0 spiro atoms. The van der Waals surface area contributed by atoms with Gasteiger partial charge in [-0.3, -0.25) is 33.6 Å². The Morgan fingerprint density at radius 2 is 1.43 bits per heavy atom. The highest BCUT2D eigenvalue weighted by Gasteiger charge is 2.42. The summed E-state index contributed by atoms with van der Waals surface area (Å²) in [6.45, 7) is 4.81. The molecule has 0 saturated carbocycles. The van der Waals surface area contributed by atoms with E-state index >= 15 is 0 Å². The Morgan fingerprint density at radius 1 is 0.809 bits per heavy atom. The number of H-pyrrole nitrogens is 1. The van der Waals surface area contributed by atoms with Gasteiger partial charge in [-0.2, -0.15) is 0 Å². The van der Waals surface area contributed by atoms with E-state index < -0.39 is 94.5 Å². The van der Waals surface area contributed by atoms with E-state index in [1.807, 2.05) is 42.5 Å². The smallest absolute Gasteiger partial charge is 0.244 e. The molecule has 15 N–H and O–H groups in total. The molecule has 1 aromatic heterocycles. The average molecular weight is 975 g/mol. The van der Waals surface area contributed by atoms with Gasteiger partial charge < -0.3 is 64.3 Å². The molecule has 1 saturated heterocycles. The fourth-order valence-electron chi connectivity index (χ4n) is 7.57. The Hall–Kier alpha value is -6.13. The van der Waals surface area contributed by atoms with Crippen LogP contribution in [0.3, 0.4) is 0 Å². The lowest BCUT2D eigenvalue weighted by atomic mass is 9.99. The quantitative estimate of drug-likeness (QED) is 0.0532. The zero-order valence-electron chi connectivity index (χ0n) is 38.2. The molecule has 1 fully saturated rings. The van der Waals surface area contributed by atoms with Gasteiger partial charge in [0.25, 0.3) is 0 Å². The van der Waals surface area contributed by atoms with Gasteiger partial charge in [-0.1, -0.05) is 82.3 Å². The SMILES string of the molecule is C[C@@H](O)[C@H](NC(=O)[C@@H]1NC(=O)[C@H](CCCCN)NC(=O)[C@H](Cc2c[nH]c3ccccc23)NC(=O)[C@H](Cc2ccc(O)cc2)NC(=O)[C@@H](NC(=O)[C@@H](N)Cc2ccccc2)CSSC1(C)C)C(N)=O. The van der Waals surface area contributed by atoms with Crippen molar-refractivity contribution in [3.63, 3.8) is 0 Å². The Labute approximate surface area is 402 Å². The minimum atomic E-state index is -1.54. The van der Waals surface area contributed by atoms with E-state index in [1.165, 1.54) is 19.1 Å². The normalized spacial score (nSPS) is 22.0. The molecule has 3 aromatic carbocycles. The maximum atomic E-state index is 14.7. The molecule has 366 valence electrons. The highest BCUT2D eigenvalue weighted by Crippen LogP contribution is 2.39. The third-order valence-electron chi connectivity index (χ3n) is 11.4. The lowest BCUT2D eigenvalue weighted by Gasteiger charge is -2.35. The standard InChI is InChI=1S/C47H62N10O9S2/c1-26(58)38(40(50)60)56-46(66)39-47(2,3)68-67-25-37(55-41(61)32(49)21-27-11-5-4-6-12-27)45(65)53-35(22-28-16-18-30(59)19-17-28)43(63)54-36(23-29-24-51-33-14-8-7-13-31(29)33)44(64)52-34(42(62)57-39)15-9-10-20-48/h4-8,11-14,16-19,24,26,32,34-39,51,58-59H,9-10,15,20-23,25,48-49H2,1-3H3,(H2,50,60)(H,52,64)(H,53,65)(H,54,63)(H,55,61)(H,56,66)(H,57,62)/t26-,32+,34+,35+,36+,37+,38+,39+/m1/s1. The number of carbonyl (C=O) groups excluding carboxylic acids is 7. The summed E-state index contributed by atoms with van der Waals surface area (Å²) in [5, 5.41) is 37.5. The molecule has 0 aliphatic carbocycles. The number of aromatic nitrogens is 1. The van der Waals surface area contributed by atoms with Crippen LogP contribution in [0.4, 0.5) is 0 Å². The van der Waals surface area contributed by atoms with Crippen molar-refractivity contribution in [2.24, 2.45) is 17.2 Å². The Bertz CT molecular complexity index is 2380. The fraction of sp³-hybridized carbons (Fsp3) is 0.426. The maximum absolute atomic E-state index is 14.7. The number of aliphatic hydroxyl groups excluding tert-OH is 1. The van der Waals surface area contributed by atoms with E-state index in [-0.39, 0.29) is 43.7 Å². The van der Waals surface area contributed by atoms with E-state index in [9.17, 15) is 43.8 Å². The number of aliphatic hydroxyl groups is 1. The molecule has 7 amide bonds. The molecule has 1 aliphatic heterocycles. The summed E-state index contributed by atoms with van der Waals surface area (Å²) in [4.78, 5) is 102. The van der Waals surface area contributed by atoms with Crippen molar-refractivity contribution in [2.45, 2.75) is 112 Å². The number of phenolic OH excluding ortho intramolecular Hbond substituents is 1. The summed E-state index contributed by atoms with van der Waals surface area (Å²) < 4.78 is -1.28. The van der Waals surface area contributed by atoms with Crippen LogP contribution >= 0.6 is 21.6 Å². The molecular formula is C47H62N10O9S2. The number of phenols is 1. The first-order valence-electron chi connectivity index (χ1n) is 22.3. The number of hydrogen-bond acceptors (Lipinski definition) is 13. The van der Waals surface area contributed by atoms with Crippen LogP contribution in [-0.2, 0) is 52.8 Å². The van der Waals surface area contributed by atoms with Crippen molar-refractivity contribution in [3.8, 4) is 5.75 Å². The van der Waals surface area contributed by atoms with Gasteiger partial charge in [0.1, 0.15) is 42.0 Å². The van der Waals surface area contributed by atoms with Gasteiger partial charge in [-0.05, 0) is 87.9 Å². The number of unbranched alkanes of at least 4 members (excludes halogenated alkanes) is 1. The molecule has 4 aromatic rings. The van der Waals surface area contributed by atoms with Gasteiger partial charge in [0.15, 0.2) is 0 Å². The number of hydrogen-bond donors (Lipinski definition) is 12. The van der Waals surface area contributed by atoms with Crippen LogP contribution in [0.2, 0.25) is 0 Å². The number of aromatic hydroxyl groups is 1. The summed E-state index contributed by atoms with van der Waals surface area (Å²) in [5.74, 6) is -5.85. The maximum Gasteiger partial charge on any atom is 0.244 e. The predicted molar refractivity (Wildman–Crippen MR) is 261 cm³/mol. The average Bonchev–Trinajstić information content (AvgIpc) is 3.71. The molecular weight excluding hydrogens is 913 g/mol. The van der Waals surface area contributed by atoms with Gasteiger partial charge in [-0.15, -0.1) is 0 Å². The van der Waals surface area contributed by atoms with Crippen LogP contribution < -0.4 is 49.1 Å². The van der Waals surface area contributed by atoms with Crippen LogP contribution in [0.15, 0.2) is 85.1 Å². The number of carbonyl (C=O) groups is 7. The molecule has 21 heteroatoms. The summed E-state index contributed by atoms with van der Waals surface area (Å²) in [6.07, 6.45) is 1.20. The molecule has 19 nitrogen and oxygen atoms in total. The Morgan fingerprint density at radius 3 is 2.09 bits per heavy atom. The van der Waals surface area contributed by atoms with Crippen molar-refractivity contribution in [3.05, 3.63) is 102 Å². The second kappa shape index (κ2) is 24.8. The highest BCUT2D eigenvalue weighted by atomic mass is 33.1. The van der Waals surface area contributed by atoms with Crippen LogP contribution in [0.25, 0.3) is 10.9 Å².